The minimum absolute atomic E-state index is 0.0468. The Kier molecular flexibility index (Phi) is 3.91. The lowest BCUT2D eigenvalue weighted by Gasteiger charge is -2.42. The quantitative estimate of drug-likeness (QED) is 0.873. The van der Waals surface area contributed by atoms with E-state index in [2.05, 4.69) is 11.5 Å². The fraction of sp³-hybridized carbons (Fsp3) is 0.421. The first-order valence-corrected chi connectivity index (χ1v) is 8.74. The average Bonchev–Trinajstić information content (AvgIpc) is 2.60. The molecule has 0 radical (unpaired) electrons. The smallest absolute Gasteiger partial charge is 0.337 e. The van der Waals surface area contributed by atoms with Gasteiger partial charge in [-0.1, -0.05) is 6.58 Å². The highest BCUT2D eigenvalue weighted by Crippen LogP contribution is 2.51. The van der Waals surface area contributed by atoms with Gasteiger partial charge in [-0.3, -0.25) is 0 Å². The molecule has 138 valence electrons. The molecule has 0 aromatic heterocycles. The zero-order valence-corrected chi connectivity index (χ0v) is 15.0. The van der Waals surface area contributed by atoms with Gasteiger partial charge >= 0.3 is 5.97 Å². The second-order valence-electron chi connectivity index (χ2n) is 7.12. The van der Waals surface area contributed by atoms with E-state index < -0.39 is 11.8 Å². The summed E-state index contributed by atoms with van der Waals surface area (Å²) < 4.78 is 21.1. The summed E-state index contributed by atoms with van der Waals surface area (Å²) in [5.41, 5.74) is 2.07. The average molecular weight is 359 g/mol. The summed E-state index contributed by atoms with van der Waals surface area (Å²) >= 11 is 0. The largest absolute Gasteiger partial charge is 0.487 e. The van der Waals surface area contributed by atoms with Gasteiger partial charge in [-0.05, 0) is 25.6 Å². The SMILES string of the molecule is C=C1C(C(=O)O)=CN2c3c1cc(F)c(N1CCN(C)CC1)c3OCC2C. The maximum absolute atomic E-state index is 15.1. The zero-order valence-electron chi connectivity index (χ0n) is 15.0. The topological polar surface area (TPSA) is 56.2 Å². The van der Waals surface area contributed by atoms with E-state index in [1.165, 1.54) is 6.07 Å². The van der Waals surface area contributed by atoms with Crippen LogP contribution in [0.2, 0.25) is 0 Å². The van der Waals surface area contributed by atoms with E-state index >= 15 is 4.39 Å². The van der Waals surface area contributed by atoms with Gasteiger partial charge in [0.25, 0.3) is 0 Å². The molecule has 1 saturated heterocycles. The van der Waals surface area contributed by atoms with E-state index in [-0.39, 0.29) is 11.6 Å². The fourth-order valence-electron chi connectivity index (χ4n) is 3.80. The van der Waals surface area contributed by atoms with Crippen LogP contribution in [0, 0.1) is 5.82 Å². The predicted molar refractivity (Wildman–Crippen MR) is 98.3 cm³/mol. The Hall–Kier alpha value is -2.54. The summed E-state index contributed by atoms with van der Waals surface area (Å²) in [4.78, 5) is 17.7. The van der Waals surface area contributed by atoms with Crippen molar-refractivity contribution in [2.24, 2.45) is 0 Å². The minimum atomic E-state index is -1.07. The number of ether oxygens (including phenoxy) is 1. The van der Waals surface area contributed by atoms with Crippen molar-refractivity contribution in [3.8, 4) is 5.75 Å². The highest BCUT2D eigenvalue weighted by Gasteiger charge is 2.37. The molecule has 4 rings (SSSR count). The van der Waals surface area contributed by atoms with Crippen molar-refractivity contribution in [3.05, 3.63) is 35.8 Å². The van der Waals surface area contributed by atoms with Gasteiger partial charge in [0.15, 0.2) is 11.6 Å². The van der Waals surface area contributed by atoms with Crippen molar-refractivity contribution >= 4 is 22.9 Å². The molecular formula is C19H22FN3O3. The maximum atomic E-state index is 15.1. The van der Waals surface area contributed by atoms with Crippen LogP contribution in [0.3, 0.4) is 0 Å². The van der Waals surface area contributed by atoms with Crippen molar-refractivity contribution in [2.75, 3.05) is 49.6 Å². The zero-order chi connectivity index (χ0) is 18.6. The van der Waals surface area contributed by atoms with Crippen LogP contribution in [-0.2, 0) is 4.79 Å². The fourth-order valence-corrected chi connectivity index (χ4v) is 3.80. The van der Waals surface area contributed by atoms with Crippen molar-refractivity contribution in [1.29, 1.82) is 0 Å². The molecule has 0 spiro atoms. The summed E-state index contributed by atoms with van der Waals surface area (Å²) in [5.74, 6) is -0.973. The van der Waals surface area contributed by atoms with Gasteiger partial charge in [0, 0.05) is 37.9 Å². The molecule has 26 heavy (non-hydrogen) atoms. The Labute approximate surface area is 151 Å². The normalized spacial score (nSPS) is 22.7. The van der Waals surface area contributed by atoms with Crippen LogP contribution in [0.5, 0.6) is 5.75 Å². The van der Waals surface area contributed by atoms with Crippen LogP contribution in [0.25, 0.3) is 5.57 Å². The Morgan fingerprint density at radius 1 is 1.31 bits per heavy atom. The second kappa shape index (κ2) is 6.02. The molecule has 0 saturated carbocycles. The Balaban J connectivity index is 1.87. The summed E-state index contributed by atoms with van der Waals surface area (Å²) in [6.45, 7) is 9.35. The molecule has 1 fully saturated rings. The molecule has 0 aliphatic carbocycles. The maximum Gasteiger partial charge on any atom is 0.337 e. The van der Waals surface area contributed by atoms with E-state index in [4.69, 9.17) is 4.74 Å². The summed E-state index contributed by atoms with van der Waals surface area (Å²) in [6.07, 6.45) is 1.59. The lowest BCUT2D eigenvalue weighted by atomic mass is 9.91. The van der Waals surface area contributed by atoms with Crippen LogP contribution in [0.4, 0.5) is 15.8 Å². The van der Waals surface area contributed by atoms with Gasteiger partial charge in [0.05, 0.1) is 17.3 Å². The Morgan fingerprint density at radius 3 is 2.65 bits per heavy atom. The number of halogens is 1. The number of hydrogen-bond donors (Lipinski definition) is 1. The molecule has 1 aromatic carbocycles. The predicted octanol–water partition coefficient (Wildman–Crippen LogP) is 2.16. The first-order valence-electron chi connectivity index (χ1n) is 8.74. The van der Waals surface area contributed by atoms with Crippen LogP contribution >= 0.6 is 0 Å². The van der Waals surface area contributed by atoms with Gasteiger partial charge in [-0.2, -0.15) is 0 Å². The number of likely N-dealkylation sites (N-methyl/N-ethyl adjacent to an activating group) is 1. The number of hydrogen-bond acceptors (Lipinski definition) is 5. The number of benzene rings is 1. The van der Waals surface area contributed by atoms with Gasteiger partial charge < -0.3 is 24.5 Å². The molecule has 7 heteroatoms. The van der Waals surface area contributed by atoms with Crippen molar-refractivity contribution in [1.82, 2.24) is 4.90 Å². The van der Waals surface area contributed by atoms with Crippen LogP contribution in [-0.4, -0.2) is 61.9 Å². The number of carboxylic acids is 1. The third-order valence-electron chi connectivity index (χ3n) is 5.35. The summed E-state index contributed by atoms with van der Waals surface area (Å²) in [5, 5.41) is 9.48. The van der Waals surface area contributed by atoms with Crippen LogP contribution in [0.1, 0.15) is 12.5 Å². The van der Waals surface area contributed by atoms with Crippen molar-refractivity contribution in [2.45, 2.75) is 13.0 Å². The number of rotatable bonds is 2. The monoisotopic (exact) mass is 359 g/mol. The van der Waals surface area contributed by atoms with Gasteiger partial charge in [-0.15, -0.1) is 0 Å². The molecule has 1 aromatic rings. The standard InChI is InChI=1S/C19H22FN3O3/c1-11-10-26-18-16-13(12(2)14(19(24)25)9-23(11)16)8-15(20)17(18)22-6-4-21(3)5-7-22/h8-9,11H,2,4-7,10H2,1,3H3,(H,24,25). The van der Waals surface area contributed by atoms with E-state index in [0.29, 0.717) is 34.9 Å². The Bertz CT molecular complexity index is 828. The molecule has 1 N–H and O–H groups in total. The number of aliphatic carboxylic acids is 1. The number of carboxylic acid groups (broad SMARTS) is 1. The van der Waals surface area contributed by atoms with E-state index in [0.717, 1.165) is 26.2 Å². The third-order valence-corrected chi connectivity index (χ3v) is 5.35. The molecule has 1 unspecified atom stereocenters. The molecule has 0 amide bonds. The van der Waals surface area contributed by atoms with E-state index in [9.17, 15) is 9.90 Å². The van der Waals surface area contributed by atoms with Gasteiger partial charge in [0.2, 0.25) is 0 Å². The van der Waals surface area contributed by atoms with E-state index in [1.54, 1.807) is 6.20 Å². The Morgan fingerprint density at radius 2 is 2.00 bits per heavy atom. The van der Waals surface area contributed by atoms with Gasteiger partial charge in [-0.25, -0.2) is 9.18 Å². The first-order chi connectivity index (χ1) is 12.4. The summed E-state index contributed by atoms with van der Waals surface area (Å²) in [7, 11) is 2.05. The van der Waals surface area contributed by atoms with Crippen LogP contribution in [0.15, 0.2) is 24.4 Å². The molecule has 3 aliphatic rings. The second-order valence-corrected chi connectivity index (χ2v) is 7.12. The molecule has 0 bridgehead atoms. The van der Waals surface area contributed by atoms with Crippen LogP contribution < -0.4 is 14.5 Å². The molecule has 6 nitrogen and oxygen atoms in total. The molecular weight excluding hydrogens is 337 g/mol. The van der Waals surface area contributed by atoms with E-state index in [1.807, 2.05) is 23.8 Å². The molecule has 3 aliphatic heterocycles. The number of carbonyl (C=O) groups is 1. The molecule has 1 atom stereocenters. The number of anilines is 2. The molecule has 3 heterocycles. The van der Waals surface area contributed by atoms with Crippen molar-refractivity contribution in [3.63, 3.8) is 0 Å². The van der Waals surface area contributed by atoms with Crippen molar-refractivity contribution < 1.29 is 19.0 Å². The lowest BCUT2D eigenvalue weighted by Crippen LogP contribution is -2.46. The van der Waals surface area contributed by atoms with Gasteiger partial charge in [0.1, 0.15) is 12.3 Å². The minimum Gasteiger partial charge on any atom is -0.487 e. The lowest BCUT2D eigenvalue weighted by molar-refractivity contribution is -0.132. The third kappa shape index (κ3) is 2.46. The number of piperazine rings is 1. The highest BCUT2D eigenvalue weighted by molar-refractivity contribution is 6.09. The first kappa shape index (κ1) is 16.9. The summed E-state index contributed by atoms with van der Waals surface area (Å²) in [6, 6.07) is 1.36. The highest BCUT2D eigenvalue weighted by atomic mass is 19.1. The number of nitrogens with zero attached hydrogens (tertiary/aromatic N) is 3.